The molecule has 2 atom stereocenters. The molecule has 1 aromatic heterocycles. The van der Waals surface area contributed by atoms with Crippen molar-refractivity contribution in [3.05, 3.63) is 35.3 Å². The molecule has 5 heteroatoms. The third-order valence-corrected chi connectivity index (χ3v) is 3.92. The van der Waals surface area contributed by atoms with Crippen molar-refractivity contribution in [1.29, 1.82) is 0 Å². The third-order valence-electron chi connectivity index (χ3n) is 3.92. The lowest BCUT2D eigenvalue weighted by Crippen LogP contribution is -2.34. The summed E-state index contributed by atoms with van der Waals surface area (Å²) in [6.07, 6.45) is 1.95. The predicted octanol–water partition coefficient (Wildman–Crippen LogP) is 3.56. The number of furan rings is 1. The Hall–Kier alpha value is -1.49. The second-order valence-corrected chi connectivity index (χ2v) is 5.10. The maximum absolute atomic E-state index is 14.1. The number of halogens is 3. The number of nitrogens with one attached hydrogen (secondary N) is 1. The SMILES string of the molecule is C[C@@H]1CNCC[C@@H]1c1c(F)c(F)c(F)c2ccoc12. The maximum atomic E-state index is 14.1. The number of benzene rings is 1. The van der Waals surface area contributed by atoms with Crippen LogP contribution in [0.5, 0.6) is 0 Å². The highest BCUT2D eigenvalue weighted by Crippen LogP contribution is 2.39. The summed E-state index contributed by atoms with van der Waals surface area (Å²) in [5, 5.41) is 3.21. The molecule has 0 aliphatic carbocycles. The van der Waals surface area contributed by atoms with E-state index in [1.54, 1.807) is 0 Å². The number of hydrogen-bond acceptors (Lipinski definition) is 2. The van der Waals surface area contributed by atoms with Crippen molar-refractivity contribution in [2.24, 2.45) is 5.92 Å². The zero-order valence-electron chi connectivity index (χ0n) is 10.5. The molecule has 102 valence electrons. The molecule has 2 nitrogen and oxygen atoms in total. The quantitative estimate of drug-likeness (QED) is 0.801. The van der Waals surface area contributed by atoms with Gasteiger partial charge in [-0.3, -0.25) is 0 Å². The predicted molar refractivity (Wildman–Crippen MR) is 65.5 cm³/mol. The Balaban J connectivity index is 2.24. The van der Waals surface area contributed by atoms with Gasteiger partial charge in [-0.1, -0.05) is 6.92 Å². The fourth-order valence-electron chi connectivity index (χ4n) is 2.90. The Bertz CT molecular complexity index is 623. The van der Waals surface area contributed by atoms with E-state index in [-0.39, 0.29) is 28.4 Å². The van der Waals surface area contributed by atoms with Crippen LogP contribution in [0.4, 0.5) is 13.2 Å². The summed E-state index contributed by atoms with van der Waals surface area (Å²) in [7, 11) is 0. The second-order valence-electron chi connectivity index (χ2n) is 5.10. The van der Waals surface area contributed by atoms with E-state index in [9.17, 15) is 13.2 Å². The summed E-state index contributed by atoms with van der Waals surface area (Å²) in [5.74, 6) is -3.72. The molecule has 1 saturated heterocycles. The van der Waals surface area contributed by atoms with E-state index in [2.05, 4.69) is 5.32 Å². The Morgan fingerprint density at radius 2 is 2.00 bits per heavy atom. The van der Waals surface area contributed by atoms with E-state index in [0.717, 1.165) is 13.1 Å². The Morgan fingerprint density at radius 3 is 2.74 bits per heavy atom. The van der Waals surface area contributed by atoms with Crippen LogP contribution in [-0.2, 0) is 0 Å². The number of piperidine rings is 1. The zero-order valence-corrected chi connectivity index (χ0v) is 10.5. The summed E-state index contributed by atoms with van der Waals surface area (Å²) < 4.78 is 46.7. The topological polar surface area (TPSA) is 25.2 Å². The molecule has 19 heavy (non-hydrogen) atoms. The van der Waals surface area contributed by atoms with Crippen LogP contribution < -0.4 is 5.32 Å². The lowest BCUT2D eigenvalue weighted by molar-refractivity contribution is 0.334. The molecule has 1 aromatic carbocycles. The van der Waals surface area contributed by atoms with E-state index in [0.29, 0.717) is 6.42 Å². The first-order valence-corrected chi connectivity index (χ1v) is 6.35. The average Bonchev–Trinajstić information content (AvgIpc) is 2.87. The normalized spacial score (nSPS) is 24.0. The Morgan fingerprint density at radius 1 is 1.21 bits per heavy atom. The van der Waals surface area contributed by atoms with Gasteiger partial charge in [-0.15, -0.1) is 0 Å². The summed E-state index contributed by atoms with van der Waals surface area (Å²) in [6, 6.07) is 1.34. The maximum Gasteiger partial charge on any atom is 0.195 e. The van der Waals surface area contributed by atoms with Crippen LogP contribution in [0, 0.1) is 23.4 Å². The van der Waals surface area contributed by atoms with Crippen LogP contribution in [0.15, 0.2) is 16.7 Å². The van der Waals surface area contributed by atoms with Crippen LogP contribution in [-0.4, -0.2) is 13.1 Å². The van der Waals surface area contributed by atoms with Gasteiger partial charge in [-0.05, 0) is 37.4 Å². The number of rotatable bonds is 1. The molecular formula is C14H14F3NO. The fourth-order valence-corrected chi connectivity index (χ4v) is 2.90. The van der Waals surface area contributed by atoms with Gasteiger partial charge in [-0.25, -0.2) is 13.2 Å². The second kappa shape index (κ2) is 4.56. The lowest BCUT2D eigenvalue weighted by Gasteiger charge is -2.30. The highest BCUT2D eigenvalue weighted by molar-refractivity contribution is 5.82. The third kappa shape index (κ3) is 1.84. The minimum atomic E-state index is -1.41. The number of fused-ring (bicyclic) bond motifs is 1. The first kappa shape index (κ1) is 12.5. The molecule has 0 bridgehead atoms. The van der Waals surface area contributed by atoms with Gasteiger partial charge in [0.25, 0.3) is 0 Å². The molecule has 0 amide bonds. The van der Waals surface area contributed by atoms with Gasteiger partial charge in [0.15, 0.2) is 17.5 Å². The average molecular weight is 269 g/mol. The highest BCUT2D eigenvalue weighted by atomic mass is 19.2. The molecule has 0 radical (unpaired) electrons. The Kier molecular flexibility index (Phi) is 3.01. The summed E-state index contributed by atoms with van der Waals surface area (Å²) in [4.78, 5) is 0. The van der Waals surface area contributed by atoms with Gasteiger partial charge >= 0.3 is 0 Å². The van der Waals surface area contributed by atoms with Crippen LogP contribution in [0.3, 0.4) is 0 Å². The van der Waals surface area contributed by atoms with Crippen LogP contribution >= 0.6 is 0 Å². The van der Waals surface area contributed by atoms with Crippen molar-refractivity contribution in [1.82, 2.24) is 5.32 Å². The molecular weight excluding hydrogens is 255 g/mol. The summed E-state index contributed by atoms with van der Waals surface area (Å²) >= 11 is 0. The van der Waals surface area contributed by atoms with Gasteiger partial charge in [0, 0.05) is 5.56 Å². The lowest BCUT2D eigenvalue weighted by atomic mass is 9.81. The van der Waals surface area contributed by atoms with Gasteiger partial charge in [0.2, 0.25) is 0 Å². The van der Waals surface area contributed by atoms with E-state index in [1.165, 1.54) is 12.3 Å². The number of hydrogen-bond donors (Lipinski definition) is 1. The standard InChI is InChI=1S/C14H14F3NO/c1-7-6-18-4-2-8(7)10-12(16)13(17)11(15)9-3-5-19-14(9)10/h3,5,7-8,18H,2,4,6H2,1H3/t7-,8+/m1/s1. The minimum Gasteiger partial charge on any atom is -0.464 e. The van der Waals surface area contributed by atoms with Gasteiger partial charge in [0.1, 0.15) is 5.58 Å². The van der Waals surface area contributed by atoms with Crippen LogP contribution in [0.25, 0.3) is 11.0 Å². The summed E-state index contributed by atoms with van der Waals surface area (Å²) in [5.41, 5.74) is 0.308. The smallest absolute Gasteiger partial charge is 0.195 e. The fraction of sp³-hybridized carbons (Fsp3) is 0.429. The van der Waals surface area contributed by atoms with E-state index < -0.39 is 17.5 Å². The molecule has 3 rings (SSSR count). The molecule has 1 fully saturated rings. The van der Waals surface area contributed by atoms with E-state index in [4.69, 9.17) is 4.42 Å². The van der Waals surface area contributed by atoms with E-state index in [1.807, 2.05) is 6.92 Å². The highest BCUT2D eigenvalue weighted by Gasteiger charge is 2.32. The zero-order chi connectivity index (χ0) is 13.6. The van der Waals surface area contributed by atoms with Gasteiger partial charge < -0.3 is 9.73 Å². The van der Waals surface area contributed by atoms with Crippen LogP contribution in [0.2, 0.25) is 0 Å². The molecule has 1 aliphatic heterocycles. The van der Waals surface area contributed by atoms with Crippen molar-refractivity contribution in [3.63, 3.8) is 0 Å². The van der Waals surface area contributed by atoms with E-state index >= 15 is 0 Å². The Labute approximate surface area is 108 Å². The van der Waals surface area contributed by atoms with Crippen molar-refractivity contribution < 1.29 is 17.6 Å². The molecule has 1 aliphatic rings. The van der Waals surface area contributed by atoms with Crippen LogP contribution in [0.1, 0.15) is 24.8 Å². The van der Waals surface area contributed by atoms with Gasteiger partial charge in [0.05, 0.1) is 11.6 Å². The monoisotopic (exact) mass is 269 g/mol. The molecule has 1 N–H and O–H groups in total. The largest absolute Gasteiger partial charge is 0.464 e. The molecule has 2 aromatic rings. The van der Waals surface area contributed by atoms with Crippen molar-refractivity contribution in [3.8, 4) is 0 Å². The molecule has 2 heterocycles. The first-order valence-electron chi connectivity index (χ1n) is 6.35. The van der Waals surface area contributed by atoms with Gasteiger partial charge in [-0.2, -0.15) is 0 Å². The molecule has 0 unspecified atom stereocenters. The van der Waals surface area contributed by atoms with Crippen molar-refractivity contribution in [2.45, 2.75) is 19.3 Å². The first-order chi connectivity index (χ1) is 9.11. The minimum absolute atomic E-state index is 0.0135. The summed E-state index contributed by atoms with van der Waals surface area (Å²) in [6.45, 7) is 3.42. The van der Waals surface area contributed by atoms with Crippen molar-refractivity contribution in [2.75, 3.05) is 13.1 Å². The molecule has 0 saturated carbocycles. The molecule has 0 spiro atoms. The van der Waals surface area contributed by atoms with Crippen molar-refractivity contribution >= 4 is 11.0 Å².